The van der Waals surface area contributed by atoms with Crippen molar-refractivity contribution in [3.63, 3.8) is 0 Å². The molecule has 1 atom stereocenters. The van der Waals surface area contributed by atoms with E-state index in [1.165, 1.54) is 5.56 Å². The topological polar surface area (TPSA) is 38.8 Å². The Hall–Kier alpha value is -1.07. The van der Waals surface area contributed by atoms with Crippen molar-refractivity contribution in [1.82, 2.24) is 4.90 Å². The molecule has 0 radical (unpaired) electrons. The van der Waals surface area contributed by atoms with Crippen molar-refractivity contribution in [3.05, 3.63) is 28.2 Å². The Labute approximate surface area is 160 Å². The third-order valence-corrected chi connectivity index (χ3v) is 5.96. The summed E-state index contributed by atoms with van der Waals surface area (Å²) in [5.74, 6) is 2.19. The number of carbonyl (C=O) groups is 1. The van der Waals surface area contributed by atoms with Gasteiger partial charge in [-0.2, -0.15) is 0 Å². The SMILES string of the molecule is CCOC(=O)CN1CCC([C@@H](C)CCOc2ccc(Br)c(C)c2)CC1. The fourth-order valence-corrected chi connectivity index (χ4v) is 3.62. The lowest BCUT2D eigenvalue weighted by Gasteiger charge is -2.34. The van der Waals surface area contributed by atoms with Gasteiger partial charge in [0, 0.05) is 4.47 Å². The van der Waals surface area contributed by atoms with Gasteiger partial charge in [0.25, 0.3) is 0 Å². The number of halogens is 1. The maximum absolute atomic E-state index is 11.6. The van der Waals surface area contributed by atoms with Crippen LogP contribution in [0.4, 0.5) is 0 Å². The lowest BCUT2D eigenvalue weighted by Crippen LogP contribution is -2.39. The van der Waals surface area contributed by atoms with Crippen LogP contribution >= 0.6 is 15.9 Å². The van der Waals surface area contributed by atoms with Crippen molar-refractivity contribution in [2.75, 3.05) is 32.8 Å². The van der Waals surface area contributed by atoms with Crippen molar-refractivity contribution in [3.8, 4) is 5.75 Å². The van der Waals surface area contributed by atoms with Gasteiger partial charge in [0.1, 0.15) is 5.75 Å². The molecule has 0 amide bonds. The van der Waals surface area contributed by atoms with E-state index in [2.05, 4.69) is 40.7 Å². The monoisotopic (exact) mass is 411 g/mol. The number of aryl methyl sites for hydroxylation is 1. The highest BCUT2D eigenvalue weighted by Gasteiger charge is 2.25. The van der Waals surface area contributed by atoms with Gasteiger partial charge in [0.15, 0.2) is 0 Å². The Morgan fingerprint density at radius 2 is 2.08 bits per heavy atom. The van der Waals surface area contributed by atoms with Gasteiger partial charge in [0.05, 0.1) is 19.8 Å². The summed E-state index contributed by atoms with van der Waals surface area (Å²) in [6, 6.07) is 6.12. The van der Waals surface area contributed by atoms with Gasteiger partial charge in [0.2, 0.25) is 0 Å². The number of hydrogen-bond acceptors (Lipinski definition) is 4. The molecule has 0 aliphatic carbocycles. The number of piperidine rings is 1. The average molecular weight is 412 g/mol. The zero-order valence-electron chi connectivity index (χ0n) is 15.6. The summed E-state index contributed by atoms with van der Waals surface area (Å²) >= 11 is 3.51. The highest BCUT2D eigenvalue weighted by Crippen LogP contribution is 2.28. The summed E-state index contributed by atoms with van der Waals surface area (Å²) in [4.78, 5) is 13.8. The molecule has 0 aromatic heterocycles. The van der Waals surface area contributed by atoms with Crippen LogP contribution in [0, 0.1) is 18.8 Å². The molecule has 2 rings (SSSR count). The number of carbonyl (C=O) groups excluding carboxylic acids is 1. The first-order chi connectivity index (χ1) is 12.0. The fraction of sp³-hybridized carbons (Fsp3) is 0.650. The average Bonchev–Trinajstić information content (AvgIpc) is 2.59. The number of likely N-dealkylation sites (tertiary alicyclic amines) is 1. The standard InChI is InChI=1S/C20H30BrNO3/c1-4-24-20(23)14-22-10-7-17(8-11-22)15(2)9-12-25-18-5-6-19(21)16(3)13-18/h5-6,13,15,17H,4,7-12,14H2,1-3H3/t15-/m0/s1. The number of benzene rings is 1. The van der Waals surface area contributed by atoms with Gasteiger partial charge in [-0.05, 0) is 81.8 Å². The van der Waals surface area contributed by atoms with E-state index in [0.29, 0.717) is 25.0 Å². The molecule has 1 heterocycles. The molecular weight excluding hydrogens is 382 g/mol. The Bertz CT molecular complexity index is 556. The van der Waals surface area contributed by atoms with E-state index >= 15 is 0 Å². The summed E-state index contributed by atoms with van der Waals surface area (Å²) in [5.41, 5.74) is 1.19. The quantitative estimate of drug-likeness (QED) is 0.592. The molecule has 1 aliphatic rings. The number of nitrogens with zero attached hydrogens (tertiary/aromatic N) is 1. The second kappa shape index (κ2) is 10.2. The van der Waals surface area contributed by atoms with Gasteiger partial charge in [-0.1, -0.05) is 22.9 Å². The molecule has 4 nitrogen and oxygen atoms in total. The summed E-state index contributed by atoms with van der Waals surface area (Å²) in [6.45, 7) is 9.87. The lowest BCUT2D eigenvalue weighted by molar-refractivity contribution is -0.144. The van der Waals surface area contributed by atoms with Crippen LogP contribution in [0.1, 0.15) is 38.7 Å². The van der Waals surface area contributed by atoms with E-state index in [9.17, 15) is 4.79 Å². The molecule has 0 bridgehead atoms. The minimum atomic E-state index is -0.104. The van der Waals surface area contributed by atoms with Crippen LogP contribution in [0.15, 0.2) is 22.7 Å². The van der Waals surface area contributed by atoms with Gasteiger partial charge in [-0.15, -0.1) is 0 Å². The summed E-state index contributed by atoms with van der Waals surface area (Å²) in [7, 11) is 0. The summed E-state index contributed by atoms with van der Waals surface area (Å²) in [5, 5.41) is 0. The van der Waals surface area contributed by atoms with Gasteiger partial charge in [-0.3, -0.25) is 9.69 Å². The Morgan fingerprint density at radius 3 is 2.72 bits per heavy atom. The van der Waals surface area contributed by atoms with E-state index in [0.717, 1.165) is 49.2 Å². The zero-order chi connectivity index (χ0) is 18.2. The third-order valence-electron chi connectivity index (χ3n) is 5.07. The summed E-state index contributed by atoms with van der Waals surface area (Å²) < 4.78 is 12.1. The molecule has 0 unspecified atom stereocenters. The number of esters is 1. The Balaban J connectivity index is 1.67. The van der Waals surface area contributed by atoms with Crippen LogP contribution < -0.4 is 4.74 Å². The molecule has 5 heteroatoms. The van der Waals surface area contributed by atoms with Crippen molar-refractivity contribution >= 4 is 21.9 Å². The number of hydrogen-bond donors (Lipinski definition) is 0. The van der Waals surface area contributed by atoms with E-state index in [-0.39, 0.29) is 5.97 Å². The molecule has 25 heavy (non-hydrogen) atoms. The van der Waals surface area contributed by atoms with Crippen LogP contribution in [0.25, 0.3) is 0 Å². The van der Waals surface area contributed by atoms with Crippen LogP contribution in [0.3, 0.4) is 0 Å². The molecule has 0 saturated carbocycles. The predicted molar refractivity (Wildman–Crippen MR) is 104 cm³/mol. The van der Waals surface area contributed by atoms with Gasteiger partial charge >= 0.3 is 5.97 Å². The molecule has 0 spiro atoms. The first-order valence-corrected chi connectivity index (χ1v) is 10.1. The zero-order valence-corrected chi connectivity index (χ0v) is 17.2. The normalized spacial score (nSPS) is 17.3. The van der Waals surface area contributed by atoms with Crippen molar-refractivity contribution in [1.29, 1.82) is 0 Å². The van der Waals surface area contributed by atoms with Crippen LogP contribution in [0.5, 0.6) is 5.75 Å². The number of rotatable bonds is 8. The van der Waals surface area contributed by atoms with Crippen LogP contribution in [-0.2, 0) is 9.53 Å². The maximum Gasteiger partial charge on any atom is 0.320 e. The van der Waals surface area contributed by atoms with E-state index in [4.69, 9.17) is 9.47 Å². The predicted octanol–water partition coefficient (Wildman–Crippen LogP) is 4.44. The second-order valence-corrected chi connectivity index (χ2v) is 7.80. The molecule has 1 fully saturated rings. The van der Waals surface area contributed by atoms with Crippen LogP contribution in [0.2, 0.25) is 0 Å². The first kappa shape index (κ1) is 20.2. The van der Waals surface area contributed by atoms with E-state index in [1.807, 2.05) is 19.1 Å². The highest BCUT2D eigenvalue weighted by atomic mass is 79.9. The molecule has 0 N–H and O–H groups in total. The fourth-order valence-electron chi connectivity index (χ4n) is 3.37. The third kappa shape index (κ3) is 6.63. The molecule has 1 aromatic rings. The van der Waals surface area contributed by atoms with Crippen molar-refractivity contribution < 1.29 is 14.3 Å². The number of ether oxygens (including phenoxy) is 2. The largest absolute Gasteiger partial charge is 0.494 e. The smallest absolute Gasteiger partial charge is 0.320 e. The maximum atomic E-state index is 11.6. The van der Waals surface area contributed by atoms with Gasteiger partial charge in [-0.25, -0.2) is 0 Å². The summed E-state index contributed by atoms with van der Waals surface area (Å²) in [6.07, 6.45) is 3.37. The molecule has 1 aliphatic heterocycles. The molecule has 140 valence electrons. The Morgan fingerprint density at radius 1 is 1.36 bits per heavy atom. The van der Waals surface area contributed by atoms with Crippen LogP contribution in [-0.4, -0.2) is 43.7 Å². The Kier molecular flexibility index (Phi) is 8.24. The lowest BCUT2D eigenvalue weighted by atomic mass is 9.84. The highest BCUT2D eigenvalue weighted by molar-refractivity contribution is 9.10. The molecular formula is C20H30BrNO3. The van der Waals surface area contributed by atoms with Crippen molar-refractivity contribution in [2.24, 2.45) is 11.8 Å². The van der Waals surface area contributed by atoms with E-state index in [1.54, 1.807) is 0 Å². The molecule has 1 aromatic carbocycles. The molecule has 1 saturated heterocycles. The second-order valence-electron chi connectivity index (χ2n) is 6.94. The minimum Gasteiger partial charge on any atom is -0.494 e. The minimum absolute atomic E-state index is 0.104. The van der Waals surface area contributed by atoms with E-state index < -0.39 is 0 Å². The van der Waals surface area contributed by atoms with Crippen molar-refractivity contribution in [2.45, 2.75) is 40.0 Å². The first-order valence-electron chi connectivity index (χ1n) is 9.26. The van der Waals surface area contributed by atoms with Gasteiger partial charge < -0.3 is 9.47 Å².